The standard InChI is InChI=1S/C26H25NO5/c1-4-13-31-22-11-9-17(14-25(22)30-3)10-12-26(28)27-20-16-23-19(15-24(20)29-2)18-7-5-6-8-21(18)32-23/h5-12,14-16H,4,13H2,1-3H3,(H,27,28)/b12-10+. The van der Waals surface area contributed by atoms with Crippen LogP contribution in [0.4, 0.5) is 5.69 Å². The van der Waals surface area contributed by atoms with E-state index in [2.05, 4.69) is 5.32 Å². The fourth-order valence-corrected chi connectivity index (χ4v) is 3.48. The highest BCUT2D eigenvalue weighted by atomic mass is 16.5. The molecule has 4 aromatic rings. The van der Waals surface area contributed by atoms with Crippen LogP contribution in [0.15, 0.2) is 65.1 Å². The summed E-state index contributed by atoms with van der Waals surface area (Å²) in [5, 5.41) is 4.80. The summed E-state index contributed by atoms with van der Waals surface area (Å²) >= 11 is 0. The van der Waals surface area contributed by atoms with Crippen LogP contribution in [0.5, 0.6) is 17.2 Å². The van der Waals surface area contributed by atoms with Crippen LogP contribution in [0.3, 0.4) is 0 Å². The fourth-order valence-electron chi connectivity index (χ4n) is 3.48. The van der Waals surface area contributed by atoms with Crippen molar-refractivity contribution >= 4 is 39.6 Å². The normalized spacial score (nSPS) is 11.2. The number of anilines is 1. The number of carbonyl (C=O) groups excluding carboxylic acids is 1. The molecule has 0 saturated heterocycles. The molecule has 0 spiro atoms. The van der Waals surface area contributed by atoms with E-state index in [1.165, 1.54) is 6.08 Å². The summed E-state index contributed by atoms with van der Waals surface area (Å²) in [6, 6.07) is 17.0. The van der Waals surface area contributed by atoms with Gasteiger partial charge in [-0.05, 0) is 42.3 Å². The lowest BCUT2D eigenvalue weighted by molar-refractivity contribution is -0.111. The smallest absolute Gasteiger partial charge is 0.248 e. The minimum atomic E-state index is -0.288. The molecule has 6 heteroatoms. The SMILES string of the molecule is CCCOc1ccc(/C=C/C(=O)Nc2cc3oc4ccccc4c3cc2OC)cc1OC. The zero-order valence-electron chi connectivity index (χ0n) is 18.3. The van der Waals surface area contributed by atoms with E-state index in [4.69, 9.17) is 18.6 Å². The third-order valence-corrected chi connectivity index (χ3v) is 5.03. The van der Waals surface area contributed by atoms with Gasteiger partial charge >= 0.3 is 0 Å². The number of rotatable bonds is 8. The molecule has 3 aromatic carbocycles. The van der Waals surface area contributed by atoms with E-state index >= 15 is 0 Å². The van der Waals surface area contributed by atoms with Gasteiger partial charge in [-0.3, -0.25) is 4.79 Å². The number of hydrogen-bond acceptors (Lipinski definition) is 5. The monoisotopic (exact) mass is 431 g/mol. The van der Waals surface area contributed by atoms with Crippen molar-refractivity contribution in [1.82, 2.24) is 0 Å². The molecule has 0 bridgehead atoms. The highest BCUT2D eigenvalue weighted by Crippen LogP contribution is 2.36. The minimum absolute atomic E-state index is 0.288. The van der Waals surface area contributed by atoms with Crippen LogP contribution in [0, 0.1) is 0 Å². The first kappa shape index (κ1) is 21.3. The maximum absolute atomic E-state index is 12.6. The third-order valence-electron chi connectivity index (χ3n) is 5.03. The molecule has 1 heterocycles. The van der Waals surface area contributed by atoms with Crippen LogP contribution in [-0.4, -0.2) is 26.7 Å². The maximum Gasteiger partial charge on any atom is 0.248 e. The highest BCUT2D eigenvalue weighted by Gasteiger charge is 2.13. The van der Waals surface area contributed by atoms with Crippen molar-refractivity contribution in [2.75, 3.05) is 26.1 Å². The largest absolute Gasteiger partial charge is 0.495 e. The lowest BCUT2D eigenvalue weighted by Crippen LogP contribution is -2.08. The zero-order chi connectivity index (χ0) is 22.5. The molecule has 0 unspecified atom stereocenters. The number of nitrogens with one attached hydrogen (secondary N) is 1. The van der Waals surface area contributed by atoms with E-state index in [0.29, 0.717) is 35.1 Å². The minimum Gasteiger partial charge on any atom is -0.495 e. The number of fused-ring (bicyclic) bond motifs is 3. The fraction of sp³-hybridized carbons (Fsp3) is 0.192. The van der Waals surface area contributed by atoms with Gasteiger partial charge in [-0.15, -0.1) is 0 Å². The third kappa shape index (κ3) is 4.39. The van der Waals surface area contributed by atoms with Gasteiger partial charge in [-0.1, -0.05) is 31.2 Å². The van der Waals surface area contributed by atoms with Gasteiger partial charge in [0, 0.05) is 22.9 Å². The van der Waals surface area contributed by atoms with Crippen molar-refractivity contribution < 1.29 is 23.4 Å². The summed E-state index contributed by atoms with van der Waals surface area (Å²) in [5.41, 5.74) is 2.82. The Labute approximate surface area is 186 Å². The van der Waals surface area contributed by atoms with Crippen molar-refractivity contribution in [3.05, 3.63) is 66.2 Å². The van der Waals surface area contributed by atoms with Gasteiger partial charge in [0.1, 0.15) is 16.9 Å². The topological polar surface area (TPSA) is 69.9 Å². The Kier molecular flexibility index (Phi) is 6.31. The molecular weight excluding hydrogens is 406 g/mol. The maximum atomic E-state index is 12.6. The van der Waals surface area contributed by atoms with E-state index in [-0.39, 0.29) is 5.91 Å². The second-order valence-electron chi connectivity index (χ2n) is 7.23. The van der Waals surface area contributed by atoms with Crippen LogP contribution >= 0.6 is 0 Å². The lowest BCUT2D eigenvalue weighted by atomic mass is 10.1. The summed E-state index contributed by atoms with van der Waals surface area (Å²) < 4.78 is 22.5. The van der Waals surface area contributed by atoms with Gasteiger partial charge in [-0.2, -0.15) is 0 Å². The number of furan rings is 1. The Morgan fingerprint density at radius 3 is 2.53 bits per heavy atom. The van der Waals surface area contributed by atoms with Gasteiger partial charge in [0.2, 0.25) is 5.91 Å². The number of amides is 1. The second kappa shape index (κ2) is 9.47. The summed E-state index contributed by atoms with van der Waals surface area (Å²) in [6.07, 6.45) is 4.09. The Hall–Kier alpha value is -3.93. The number of para-hydroxylation sites is 1. The van der Waals surface area contributed by atoms with E-state index in [0.717, 1.165) is 28.3 Å². The molecule has 0 atom stereocenters. The molecular formula is C26H25NO5. The average Bonchev–Trinajstić information content (AvgIpc) is 3.18. The Balaban J connectivity index is 1.54. The number of ether oxygens (including phenoxy) is 3. The Morgan fingerprint density at radius 1 is 0.938 bits per heavy atom. The van der Waals surface area contributed by atoms with Gasteiger partial charge in [-0.25, -0.2) is 0 Å². The Bertz CT molecular complexity index is 1290. The van der Waals surface area contributed by atoms with Crippen LogP contribution in [0.1, 0.15) is 18.9 Å². The quantitative estimate of drug-likeness (QED) is 0.344. The van der Waals surface area contributed by atoms with Crippen LogP contribution in [-0.2, 0) is 4.79 Å². The molecule has 1 N–H and O–H groups in total. The molecule has 4 rings (SSSR count). The summed E-state index contributed by atoms with van der Waals surface area (Å²) in [5.74, 6) is 1.58. The van der Waals surface area contributed by atoms with Crippen molar-refractivity contribution in [2.24, 2.45) is 0 Å². The summed E-state index contributed by atoms with van der Waals surface area (Å²) in [7, 11) is 3.16. The van der Waals surface area contributed by atoms with Crippen LogP contribution in [0.25, 0.3) is 28.0 Å². The van der Waals surface area contributed by atoms with Crippen molar-refractivity contribution in [1.29, 1.82) is 0 Å². The van der Waals surface area contributed by atoms with Gasteiger partial charge in [0.05, 0.1) is 26.5 Å². The van der Waals surface area contributed by atoms with Gasteiger partial charge < -0.3 is 23.9 Å². The van der Waals surface area contributed by atoms with Gasteiger partial charge in [0.15, 0.2) is 11.5 Å². The number of benzene rings is 3. The average molecular weight is 431 g/mol. The molecule has 1 amide bonds. The van der Waals surface area contributed by atoms with Crippen molar-refractivity contribution in [3.63, 3.8) is 0 Å². The van der Waals surface area contributed by atoms with Crippen LogP contribution < -0.4 is 19.5 Å². The predicted octanol–water partition coefficient (Wildman–Crippen LogP) is 6.04. The van der Waals surface area contributed by atoms with E-state index in [1.54, 1.807) is 26.4 Å². The molecule has 0 saturated carbocycles. The van der Waals surface area contributed by atoms with Gasteiger partial charge in [0.25, 0.3) is 0 Å². The van der Waals surface area contributed by atoms with E-state index < -0.39 is 0 Å². The second-order valence-corrected chi connectivity index (χ2v) is 7.23. The zero-order valence-corrected chi connectivity index (χ0v) is 18.3. The molecule has 0 aliphatic carbocycles. The highest BCUT2D eigenvalue weighted by molar-refractivity contribution is 6.09. The van der Waals surface area contributed by atoms with Crippen molar-refractivity contribution in [3.8, 4) is 17.2 Å². The molecule has 6 nitrogen and oxygen atoms in total. The molecule has 0 fully saturated rings. The first-order chi connectivity index (χ1) is 15.6. The van der Waals surface area contributed by atoms with Crippen molar-refractivity contribution in [2.45, 2.75) is 13.3 Å². The Morgan fingerprint density at radius 2 is 1.75 bits per heavy atom. The summed E-state index contributed by atoms with van der Waals surface area (Å²) in [6.45, 7) is 2.66. The first-order valence-corrected chi connectivity index (χ1v) is 10.4. The predicted molar refractivity (Wildman–Crippen MR) is 127 cm³/mol. The molecule has 32 heavy (non-hydrogen) atoms. The van der Waals surface area contributed by atoms with E-state index in [1.807, 2.05) is 55.5 Å². The summed E-state index contributed by atoms with van der Waals surface area (Å²) in [4.78, 5) is 12.6. The molecule has 0 aliphatic rings. The number of hydrogen-bond donors (Lipinski definition) is 1. The number of methoxy groups -OCH3 is 2. The molecule has 0 radical (unpaired) electrons. The number of carbonyl (C=O) groups is 1. The van der Waals surface area contributed by atoms with E-state index in [9.17, 15) is 4.79 Å². The molecule has 164 valence electrons. The lowest BCUT2D eigenvalue weighted by Gasteiger charge is -2.10. The molecule has 1 aromatic heterocycles. The van der Waals surface area contributed by atoms with Crippen LogP contribution in [0.2, 0.25) is 0 Å². The molecule has 0 aliphatic heterocycles. The first-order valence-electron chi connectivity index (χ1n) is 10.4.